The first kappa shape index (κ1) is 27.4. The second kappa shape index (κ2) is 10.6. The van der Waals surface area contributed by atoms with Crippen molar-refractivity contribution in [2.24, 2.45) is 0 Å². The van der Waals surface area contributed by atoms with Gasteiger partial charge < -0.3 is 0 Å². The van der Waals surface area contributed by atoms with Crippen LogP contribution in [0.1, 0.15) is 25.0 Å². The molecule has 0 saturated heterocycles. The molecule has 3 nitrogen and oxygen atoms in total. The molecule has 3 heteroatoms. The number of hydrogen-bond donors (Lipinski definition) is 0. The molecule has 2 heterocycles. The number of aromatic nitrogens is 3. The Morgan fingerprint density at radius 2 is 1.11 bits per heavy atom. The molecule has 0 aliphatic heterocycles. The fourth-order valence-electron chi connectivity index (χ4n) is 7.32. The summed E-state index contributed by atoms with van der Waals surface area (Å²) in [7, 11) is 0. The van der Waals surface area contributed by atoms with E-state index in [2.05, 4.69) is 140 Å². The van der Waals surface area contributed by atoms with Crippen LogP contribution in [0.2, 0.25) is 0 Å². The molecule has 6 aromatic carbocycles. The standard InChI is InChI=1S/C44H31N3/c1-44(2)38-17-9-8-14-33(38)37-26-36-30(25-39(37)44)20-19-29-24-31(21-22-32(29)36)43-46-41(28-12-4-3-5-13-28)27-42(47-43)35-16-7-6-15-34(35)40-18-10-11-23-45-40/h3-27H,1-2H3. The minimum atomic E-state index is -0.0209. The molecular weight excluding hydrogens is 571 g/mol. The maximum absolute atomic E-state index is 5.20. The van der Waals surface area contributed by atoms with Crippen molar-refractivity contribution in [2.45, 2.75) is 19.3 Å². The van der Waals surface area contributed by atoms with Crippen molar-refractivity contribution in [2.75, 3.05) is 0 Å². The Hall–Kier alpha value is -5.93. The molecule has 0 bridgehead atoms. The molecule has 1 aliphatic rings. The lowest BCUT2D eigenvalue weighted by Gasteiger charge is -2.21. The van der Waals surface area contributed by atoms with Gasteiger partial charge in [0, 0.05) is 33.9 Å². The summed E-state index contributed by atoms with van der Waals surface area (Å²) in [6.45, 7) is 4.67. The Bertz CT molecular complexity index is 2480. The number of pyridine rings is 1. The van der Waals surface area contributed by atoms with Gasteiger partial charge in [-0.25, -0.2) is 9.97 Å². The van der Waals surface area contributed by atoms with Gasteiger partial charge in [0.2, 0.25) is 0 Å². The molecule has 47 heavy (non-hydrogen) atoms. The number of benzene rings is 6. The van der Waals surface area contributed by atoms with Crippen LogP contribution in [-0.4, -0.2) is 15.0 Å². The molecular formula is C44H31N3. The van der Waals surface area contributed by atoms with E-state index in [1.165, 1.54) is 43.8 Å². The molecule has 0 N–H and O–H groups in total. The van der Waals surface area contributed by atoms with Crippen LogP contribution in [-0.2, 0) is 5.41 Å². The minimum Gasteiger partial charge on any atom is -0.256 e. The van der Waals surface area contributed by atoms with E-state index in [1.807, 2.05) is 30.5 Å². The van der Waals surface area contributed by atoms with Crippen molar-refractivity contribution in [1.29, 1.82) is 0 Å². The lowest BCUT2D eigenvalue weighted by atomic mass is 9.81. The van der Waals surface area contributed by atoms with Crippen molar-refractivity contribution < 1.29 is 0 Å². The zero-order chi connectivity index (χ0) is 31.5. The topological polar surface area (TPSA) is 38.7 Å². The zero-order valence-electron chi connectivity index (χ0n) is 26.3. The van der Waals surface area contributed by atoms with Crippen LogP contribution in [0.15, 0.2) is 152 Å². The van der Waals surface area contributed by atoms with Gasteiger partial charge in [0.05, 0.1) is 17.1 Å². The summed E-state index contributed by atoms with van der Waals surface area (Å²) in [5.74, 6) is 0.698. The van der Waals surface area contributed by atoms with Gasteiger partial charge >= 0.3 is 0 Å². The number of hydrogen-bond acceptors (Lipinski definition) is 3. The van der Waals surface area contributed by atoms with Gasteiger partial charge in [-0.1, -0.05) is 123 Å². The Balaban J connectivity index is 1.22. The number of fused-ring (bicyclic) bond motifs is 6. The van der Waals surface area contributed by atoms with Crippen LogP contribution in [0.25, 0.3) is 77.8 Å². The molecule has 8 aromatic rings. The van der Waals surface area contributed by atoms with Gasteiger partial charge in [-0.05, 0) is 80.2 Å². The molecule has 222 valence electrons. The van der Waals surface area contributed by atoms with E-state index in [-0.39, 0.29) is 5.41 Å². The van der Waals surface area contributed by atoms with Crippen LogP contribution in [0.4, 0.5) is 0 Å². The molecule has 2 aromatic heterocycles. The molecule has 0 radical (unpaired) electrons. The van der Waals surface area contributed by atoms with Gasteiger partial charge in [-0.2, -0.15) is 0 Å². The Kier molecular flexibility index (Phi) is 6.16. The van der Waals surface area contributed by atoms with Gasteiger partial charge in [0.15, 0.2) is 5.82 Å². The fourth-order valence-corrected chi connectivity index (χ4v) is 7.32. The normalized spacial score (nSPS) is 13.1. The lowest BCUT2D eigenvalue weighted by Crippen LogP contribution is -2.14. The molecule has 1 aliphatic carbocycles. The van der Waals surface area contributed by atoms with Gasteiger partial charge in [-0.3, -0.25) is 4.98 Å². The first-order chi connectivity index (χ1) is 23.0. The number of nitrogens with zero attached hydrogens (tertiary/aromatic N) is 3. The first-order valence-corrected chi connectivity index (χ1v) is 16.1. The van der Waals surface area contributed by atoms with Gasteiger partial charge in [0.1, 0.15) is 0 Å². The van der Waals surface area contributed by atoms with Crippen LogP contribution >= 0.6 is 0 Å². The van der Waals surface area contributed by atoms with Crippen LogP contribution in [0, 0.1) is 0 Å². The van der Waals surface area contributed by atoms with Crippen molar-refractivity contribution in [3.05, 3.63) is 163 Å². The summed E-state index contributed by atoms with van der Waals surface area (Å²) < 4.78 is 0. The quantitative estimate of drug-likeness (QED) is 0.188. The van der Waals surface area contributed by atoms with E-state index in [0.29, 0.717) is 5.82 Å². The summed E-state index contributed by atoms with van der Waals surface area (Å²) in [6, 6.07) is 51.6. The zero-order valence-corrected chi connectivity index (χ0v) is 26.3. The molecule has 0 atom stereocenters. The summed E-state index contributed by atoms with van der Waals surface area (Å²) >= 11 is 0. The monoisotopic (exact) mass is 601 g/mol. The van der Waals surface area contributed by atoms with Crippen molar-refractivity contribution in [1.82, 2.24) is 15.0 Å². The Labute approximate surface area is 274 Å². The van der Waals surface area contributed by atoms with Crippen LogP contribution < -0.4 is 0 Å². The van der Waals surface area contributed by atoms with Gasteiger partial charge in [0.25, 0.3) is 0 Å². The maximum Gasteiger partial charge on any atom is 0.160 e. The highest BCUT2D eigenvalue weighted by molar-refractivity contribution is 6.10. The van der Waals surface area contributed by atoms with Crippen LogP contribution in [0.3, 0.4) is 0 Å². The SMILES string of the molecule is CC1(C)c2ccccc2-c2cc3c(ccc4cc(-c5nc(-c6ccccc6)cc(-c6ccccc6-c6ccccn6)n5)ccc43)cc21. The molecule has 0 spiro atoms. The largest absolute Gasteiger partial charge is 0.256 e. The Morgan fingerprint density at radius 1 is 0.426 bits per heavy atom. The second-order valence-electron chi connectivity index (χ2n) is 12.9. The third-order valence-corrected chi connectivity index (χ3v) is 9.74. The van der Waals surface area contributed by atoms with Crippen molar-refractivity contribution in [3.63, 3.8) is 0 Å². The van der Waals surface area contributed by atoms with E-state index in [1.54, 1.807) is 0 Å². The van der Waals surface area contributed by atoms with Crippen molar-refractivity contribution >= 4 is 21.5 Å². The maximum atomic E-state index is 5.20. The molecule has 0 unspecified atom stereocenters. The van der Waals surface area contributed by atoms with E-state index < -0.39 is 0 Å². The van der Waals surface area contributed by atoms with E-state index in [0.717, 1.165) is 39.3 Å². The van der Waals surface area contributed by atoms with Crippen molar-refractivity contribution in [3.8, 4) is 56.3 Å². The lowest BCUT2D eigenvalue weighted by molar-refractivity contribution is 0.661. The smallest absolute Gasteiger partial charge is 0.160 e. The highest BCUT2D eigenvalue weighted by atomic mass is 14.9. The Morgan fingerprint density at radius 3 is 1.89 bits per heavy atom. The highest BCUT2D eigenvalue weighted by Crippen LogP contribution is 2.50. The van der Waals surface area contributed by atoms with E-state index in [4.69, 9.17) is 9.97 Å². The molecule has 0 fully saturated rings. The second-order valence-corrected chi connectivity index (χ2v) is 12.9. The average molecular weight is 602 g/mol. The van der Waals surface area contributed by atoms with E-state index >= 15 is 0 Å². The fraction of sp³-hybridized carbons (Fsp3) is 0.0682. The average Bonchev–Trinajstić information content (AvgIpc) is 3.36. The summed E-state index contributed by atoms with van der Waals surface area (Å²) in [5.41, 5.74) is 12.2. The van der Waals surface area contributed by atoms with Gasteiger partial charge in [-0.15, -0.1) is 0 Å². The van der Waals surface area contributed by atoms with Crippen LogP contribution in [0.5, 0.6) is 0 Å². The number of rotatable bonds is 4. The molecule has 0 amide bonds. The third kappa shape index (κ3) is 4.46. The third-order valence-electron chi connectivity index (χ3n) is 9.74. The minimum absolute atomic E-state index is 0.0209. The summed E-state index contributed by atoms with van der Waals surface area (Å²) in [5, 5.41) is 4.94. The molecule has 9 rings (SSSR count). The predicted octanol–water partition coefficient (Wildman–Crippen LogP) is 11.2. The highest BCUT2D eigenvalue weighted by Gasteiger charge is 2.35. The molecule has 0 saturated carbocycles. The predicted molar refractivity (Wildman–Crippen MR) is 194 cm³/mol. The summed E-state index contributed by atoms with van der Waals surface area (Å²) in [6.07, 6.45) is 1.83. The first-order valence-electron chi connectivity index (χ1n) is 16.1. The summed E-state index contributed by atoms with van der Waals surface area (Å²) in [4.78, 5) is 15.0. The van der Waals surface area contributed by atoms with E-state index in [9.17, 15) is 0 Å².